The molecule has 0 radical (unpaired) electrons. The maximum Gasteiger partial charge on any atom is 0.254 e. The summed E-state index contributed by atoms with van der Waals surface area (Å²) in [7, 11) is 0. The normalized spacial score (nSPS) is 10.5. The van der Waals surface area contributed by atoms with Crippen LogP contribution < -0.4 is 0 Å². The Balaban J connectivity index is 2.11. The minimum atomic E-state index is -0.262. The second kappa shape index (κ2) is 8.27. The molecule has 2 aromatic rings. The molecule has 3 nitrogen and oxygen atoms in total. The molecule has 0 unspecified atom stereocenters. The van der Waals surface area contributed by atoms with Crippen molar-refractivity contribution in [1.82, 2.24) is 9.88 Å². The van der Waals surface area contributed by atoms with Crippen LogP contribution in [0.4, 0.5) is 4.39 Å². The van der Waals surface area contributed by atoms with Gasteiger partial charge in [0.05, 0.1) is 0 Å². The van der Waals surface area contributed by atoms with Gasteiger partial charge in [0.1, 0.15) is 5.82 Å². The Hall–Kier alpha value is -2.23. The molecular weight excluding hydrogens is 279 g/mol. The molecule has 2 rings (SSSR count). The highest BCUT2D eigenvalue weighted by Gasteiger charge is 2.15. The van der Waals surface area contributed by atoms with Crippen LogP contribution in [0, 0.1) is 5.82 Å². The number of pyridine rings is 1. The fourth-order valence-electron chi connectivity index (χ4n) is 2.29. The maximum absolute atomic E-state index is 13.0. The SMILES string of the molecule is CCCCCN(Cc1ccc(F)cc1)C(=O)c1ccncc1. The lowest BCUT2D eigenvalue weighted by Crippen LogP contribution is -2.31. The van der Waals surface area contributed by atoms with Crippen molar-refractivity contribution >= 4 is 5.91 Å². The molecule has 1 aromatic heterocycles. The van der Waals surface area contributed by atoms with Crippen molar-refractivity contribution in [3.63, 3.8) is 0 Å². The monoisotopic (exact) mass is 300 g/mol. The van der Waals surface area contributed by atoms with Crippen LogP contribution in [-0.2, 0) is 6.54 Å². The molecule has 0 bridgehead atoms. The van der Waals surface area contributed by atoms with Gasteiger partial charge in [0.25, 0.3) is 5.91 Å². The fourth-order valence-corrected chi connectivity index (χ4v) is 2.29. The van der Waals surface area contributed by atoms with Crippen LogP contribution in [0.15, 0.2) is 48.8 Å². The first-order valence-electron chi connectivity index (χ1n) is 7.64. The molecule has 0 aliphatic carbocycles. The number of amides is 1. The molecule has 1 heterocycles. The van der Waals surface area contributed by atoms with E-state index in [1.165, 1.54) is 12.1 Å². The summed E-state index contributed by atoms with van der Waals surface area (Å²) in [5, 5.41) is 0. The van der Waals surface area contributed by atoms with Crippen molar-refractivity contribution in [3.8, 4) is 0 Å². The van der Waals surface area contributed by atoms with E-state index in [2.05, 4.69) is 11.9 Å². The highest BCUT2D eigenvalue weighted by atomic mass is 19.1. The minimum absolute atomic E-state index is 0.0113. The molecule has 0 aliphatic rings. The lowest BCUT2D eigenvalue weighted by atomic mass is 10.1. The molecule has 116 valence electrons. The lowest BCUT2D eigenvalue weighted by molar-refractivity contribution is 0.0740. The molecule has 0 N–H and O–H groups in total. The summed E-state index contributed by atoms with van der Waals surface area (Å²) in [5.41, 5.74) is 1.56. The van der Waals surface area contributed by atoms with Crippen molar-refractivity contribution in [2.75, 3.05) is 6.54 Å². The van der Waals surface area contributed by atoms with E-state index >= 15 is 0 Å². The summed E-state index contributed by atoms with van der Waals surface area (Å²) < 4.78 is 13.0. The standard InChI is InChI=1S/C18H21FN2O/c1-2-3-4-13-21(14-15-5-7-17(19)8-6-15)18(22)16-9-11-20-12-10-16/h5-12H,2-4,13-14H2,1H3. The molecule has 0 aliphatic heterocycles. The number of carbonyl (C=O) groups is 1. The quantitative estimate of drug-likeness (QED) is 0.723. The minimum Gasteiger partial charge on any atom is -0.334 e. The van der Waals surface area contributed by atoms with E-state index in [9.17, 15) is 9.18 Å². The number of rotatable bonds is 7. The lowest BCUT2D eigenvalue weighted by Gasteiger charge is -2.23. The molecule has 22 heavy (non-hydrogen) atoms. The van der Waals surface area contributed by atoms with Crippen LogP contribution in [0.5, 0.6) is 0 Å². The number of hydrogen-bond donors (Lipinski definition) is 0. The third-order valence-corrected chi connectivity index (χ3v) is 3.53. The van der Waals surface area contributed by atoms with Gasteiger partial charge in [-0.05, 0) is 36.2 Å². The average molecular weight is 300 g/mol. The second-order valence-corrected chi connectivity index (χ2v) is 5.30. The van der Waals surface area contributed by atoms with Gasteiger partial charge < -0.3 is 4.90 Å². The number of carbonyl (C=O) groups excluding carboxylic acids is 1. The molecular formula is C18H21FN2O. The summed E-state index contributed by atoms with van der Waals surface area (Å²) in [6.07, 6.45) is 6.40. The Kier molecular flexibility index (Phi) is 6.07. The van der Waals surface area contributed by atoms with Crippen LogP contribution in [-0.4, -0.2) is 22.3 Å². The summed E-state index contributed by atoms with van der Waals surface area (Å²) in [6, 6.07) is 9.75. The number of unbranched alkanes of at least 4 members (excludes halogenated alkanes) is 2. The van der Waals surface area contributed by atoms with Gasteiger partial charge >= 0.3 is 0 Å². The highest BCUT2D eigenvalue weighted by molar-refractivity contribution is 5.94. The summed E-state index contributed by atoms with van der Waals surface area (Å²) >= 11 is 0. The van der Waals surface area contributed by atoms with Crippen molar-refractivity contribution < 1.29 is 9.18 Å². The number of halogens is 1. The van der Waals surface area contributed by atoms with E-state index in [4.69, 9.17) is 0 Å². The van der Waals surface area contributed by atoms with Gasteiger partial charge in [0.2, 0.25) is 0 Å². The van der Waals surface area contributed by atoms with E-state index in [0.717, 1.165) is 24.8 Å². The Morgan fingerprint density at radius 1 is 1.09 bits per heavy atom. The van der Waals surface area contributed by atoms with Gasteiger partial charge in [0, 0.05) is 31.0 Å². The first-order valence-corrected chi connectivity index (χ1v) is 7.64. The van der Waals surface area contributed by atoms with Crippen molar-refractivity contribution in [3.05, 3.63) is 65.7 Å². The first kappa shape index (κ1) is 16.1. The molecule has 1 amide bonds. The van der Waals surface area contributed by atoms with Crippen LogP contribution in [0.1, 0.15) is 42.1 Å². The largest absolute Gasteiger partial charge is 0.334 e. The van der Waals surface area contributed by atoms with Crippen LogP contribution in [0.25, 0.3) is 0 Å². The maximum atomic E-state index is 13.0. The zero-order chi connectivity index (χ0) is 15.8. The third-order valence-electron chi connectivity index (χ3n) is 3.53. The molecule has 0 atom stereocenters. The van der Waals surface area contributed by atoms with Gasteiger partial charge in [-0.1, -0.05) is 31.9 Å². The highest BCUT2D eigenvalue weighted by Crippen LogP contribution is 2.12. The van der Waals surface area contributed by atoms with Crippen molar-refractivity contribution in [1.29, 1.82) is 0 Å². The Morgan fingerprint density at radius 2 is 1.77 bits per heavy atom. The summed E-state index contributed by atoms with van der Waals surface area (Å²) in [5.74, 6) is -0.274. The van der Waals surface area contributed by atoms with E-state index in [-0.39, 0.29) is 11.7 Å². The van der Waals surface area contributed by atoms with Crippen molar-refractivity contribution in [2.24, 2.45) is 0 Å². The molecule has 4 heteroatoms. The molecule has 1 aromatic carbocycles. The van der Waals surface area contributed by atoms with Crippen LogP contribution in [0.3, 0.4) is 0 Å². The smallest absolute Gasteiger partial charge is 0.254 e. The van der Waals surface area contributed by atoms with E-state index in [0.29, 0.717) is 18.7 Å². The Bertz CT molecular complexity index is 584. The molecule has 0 spiro atoms. The Morgan fingerprint density at radius 3 is 2.41 bits per heavy atom. The number of nitrogens with zero attached hydrogens (tertiary/aromatic N) is 2. The summed E-state index contributed by atoms with van der Waals surface area (Å²) in [6.45, 7) is 3.33. The van der Waals surface area contributed by atoms with E-state index in [1.807, 2.05) is 4.90 Å². The second-order valence-electron chi connectivity index (χ2n) is 5.30. The third kappa shape index (κ3) is 4.65. The van der Waals surface area contributed by atoms with Crippen LogP contribution in [0.2, 0.25) is 0 Å². The zero-order valence-corrected chi connectivity index (χ0v) is 12.8. The first-order chi connectivity index (χ1) is 10.7. The topological polar surface area (TPSA) is 33.2 Å². The van der Waals surface area contributed by atoms with Gasteiger partial charge in [-0.15, -0.1) is 0 Å². The number of aromatic nitrogens is 1. The van der Waals surface area contributed by atoms with Crippen LogP contribution >= 0.6 is 0 Å². The fraction of sp³-hybridized carbons (Fsp3) is 0.333. The zero-order valence-electron chi connectivity index (χ0n) is 12.8. The Labute approximate surface area is 130 Å². The predicted molar refractivity (Wildman–Crippen MR) is 84.9 cm³/mol. The number of benzene rings is 1. The number of hydrogen-bond acceptors (Lipinski definition) is 2. The van der Waals surface area contributed by atoms with Crippen molar-refractivity contribution in [2.45, 2.75) is 32.7 Å². The molecule has 0 saturated heterocycles. The molecule has 0 fully saturated rings. The van der Waals surface area contributed by atoms with Gasteiger partial charge in [-0.3, -0.25) is 9.78 Å². The predicted octanol–water partition coefficient (Wildman–Crippen LogP) is 4.05. The average Bonchev–Trinajstić information content (AvgIpc) is 2.56. The van der Waals surface area contributed by atoms with Gasteiger partial charge in [-0.25, -0.2) is 4.39 Å². The van der Waals surface area contributed by atoms with Gasteiger partial charge in [0.15, 0.2) is 0 Å². The van der Waals surface area contributed by atoms with E-state index in [1.54, 1.807) is 36.7 Å². The van der Waals surface area contributed by atoms with Gasteiger partial charge in [-0.2, -0.15) is 0 Å². The summed E-state index contributed by atoms with van der Waals surface area (Å²) in [4.78, 5) is 18.4. The van der Waals surface area contributed by atoms with E-state index < -0.39 is 0 Å². The molecule has 0 saturated carbocycles.